The first-order valence-corrected chi connectivity index (χ1v) is 9.80. The van der Waals surface area contributed by atoms with Crippen molar-refractivity contribution in [3.05, 3.63) is 77.7 Å². The lowest BCUT2D eigenvalue weighted by Crippen LogP contribution is -2.36. The number of carbonyl (C=O) groups excluding carboxylic acids is 2. The van der Waals surface area contributed by atoms with Gasteiger partial charge in [-0.2, -0.15) is 0 Å². The fourth-order valence-corrected chi connectivity index (χ4v) is 3.38. The van der Waals surface area contributed by atoms with Gasteiger partial charge in [0.25, 0.3) is 5.91 Å². The molecule has 0 radical (unpaired) electrons. The number of benzene rings is 2. The summed E-state index contributed by atoms with van der Waals surface area (Å²) in [5, 5.41) is 6.07. The maximum absolute atomic E-state index is 12.6. The van der Waals surface area contributed by atoms with Crippen LogP contribution in [-0.4, -0.2) is 34.5 Å². The molecule has 0 bridgehead atoms. The highest BCUT2D eigenvalue weighted by Gasteiger charge is 2.17. The molecule has 2 aromatic carbocycles. The van der Waals surface area contributed by atoms with E-state index in [0.717, 1.165) is 16.6 Å². The lowest BCUT2D eigenvalue weighted by Gasteiger charge is -2.11. The molecule has 0 saturated heterocycles. The van der Waals surface area contributed by atoms with Crippen molar-refractivity contribution < 1.29 is 14.0 Å². The number of nitrogens with zero attached hydrogens (tertiary/aromatic N) is 2. The van der Waals surface area contributed by atoms with E-state index < -0.39 is 0 Å². The highest BCUT2D eigenvalue weighted by atomic mass is 35.5. The Hall–Kier alpha value is -3.58. The molecule has 2 aromatic heterocycles. The first kappa shape index (κ1) is 19.7. The Morgan fingerprint density at radius 3 is 2.53 bits per heavy atom. The van der Waals surface area contributed by atoms with E-state index in [1.54, 1.807) is 18.2 Å². The Balaban J connectivity index is 1.45. The van der Waals surface area contributed by atoms with Crippen LogP contribution in [-0.2, 0) is 11.3 Å². The van der Waals surface area contributed by atoms with Crippen LogP contribution in [0.2, 0.25) is 5.02 Å². The fraction of sp³-hybridized carbons (Fsp3) is 0.136. The average molecular weight is 423 g/mol. The van der Waals surface area contributed by atoms with Gasteiger partial charge in [0, 0.05) is 18.7 Å². The summed E-state index contributed by atoms with van der Waals surface area (Å²) in [7, 11) is 0. The fourth-order valence-electron chi connectivity index (χ4n) is 3.16. The van der Waals surface area contributed by atoms with Crippen LogP contribution in [0.3, 0.4) is 0 Å². The Morgan fingerprint density at radius 1 is 0.967 bits per heavy atom. The van der Waals surface area contributed by atoms with Crippen molar-refractivity contribution in [1.29, 1.82) is 0 Å². The van der Waals surface area contributed by atoms with Crippen molar-refractivity contribution in [2.45, 2.75) is 6.54 Å². The van der Waals surface area contributed by atoms with E-state index in [9.17, 15) is 9.59 Å². The minimum Gasteiger partial charge on any atom is -0.459 e. The van der Waals surface area contributed by atoms with Gasteiger partial charge in [0.2, 0.25) is 5.91 Å². The van der Waals surface area contributed by atoms with Crippen LogP contribution in [0.1, 0.15) is 10.6 Å². The summed E-state index contributed by atoms with van der Waals surface area (Å²) in [6, 6.07) is 18.2. The number of halogens is 1. The molecule has 2 heterocycles. The highest BCUT2D eigenvalue weighted by Crippen LogP contribution is 2.30. The Bertz CT molecular complexity index is 1180. The third-order valence-corrected chi connectivity index (χ3v) is 4.88. The zero-order valence-electron chi connectivity index (χ0n) is 16.0. The van der Waals surface area contributed by atoms with Crippen LogP contribution in [0.25, 0.3) is 22.4 Å². The van der Waals surface area contributed by atoms with E-state index in [0.29, 0.717) is 17.4 Å². The predicted octanol–water partition coefficient (Wildman–Crippen LogP) is 3.50. The zero-order valence-corrected chi connectivity index (χ0v) is 16.7. The molecular formula is C22H19ClN4O3. The summed E-state index contributed by atoms with van der Waals surface area (Å²) in [5.41, 5.74) is 2.38. The van der Waals surface area contributed by atoms with Crippen molar-refractivity contribution in [2.75, 3.05) is 13.1 Å². The monoisotopic (exact) mass is 422 g/mol. The number of hydrogen-bond acceptors (Lipinski definition) is 4. The van der Waals surface area contributed by atoms with Gasteiger partial charge >= 0.3 is 0 Å². The molecule has 0 spiro atoms. The third kappa shape index (κ3) is 4.21. The molecule has 0 fully saturated rings. The molecule has 0 saturated carbocycles. The number of nitrogens with one attached hydrogen (secondary N) is 2. The molecule has 0 aliphatic carbocycles. The van der Waals surface area contributed by atoms with E-state index in [2.05, 4.69) is 15.6 Å². The second-order valence-electron chi connectivity index (χ2n) is 6.57. The van der Waals surface area contributed by atoms with Gasteiger partial charge in [-0.05, 0) is 36.4 Å². The number of para-hydroxylation sites is 2. The van der Waals surface area contributed by atoms with Crippen LogP contribution >= 0.6 is 11.6 Å². The molecule has 4 aromatic rings. The number of amides is 2. The number of furan rings is 1. The first-order valence-electron chi connectivity index (χ1n) is 9.42. The SMILES string of the molecule is O=C(Cn1c(-c2ccccc2Cl)nc2ccccc21)NCCNC(=O)c1ccco1. The number of imidazole rings is 1. The number of rotatable bonds is 7. The second-order valence-corrected chi connectivity index (χ2v) is 6.98. The minimum atomic E-state index is -0.323. The summed E-state index contributed by atoms with van der Waals surface area (Å²) in [6.07, 6.45) is 1.43. The molecule has 2 amide bonds. The summed E-state index contributed by atoms with van der Waals surface area (Å²) >= 11 is 6.37. The van der Waals surface area contributed by atoms with Crippen LogP contribution < -0.4 is 10.6 Å². The van der Waals surface area contributed by atoms with Gasteiger partial charge in [0.05, 0.1) is 22.3 Å². The van der Waals surface area contributed by atoms with Crippen molar-refractivity contribution >= 4 is 34.4 Å². The second kappa shape index (κ2) is 8.84. The van der Waals surface area contributed by atoms with Gasteiger partial charge < -0.3 is 19.6 Å². The zero-order chi connectivity index (χ0) is 20.9. The van der Waals surface area contributed by atoms with Crippen molar-refractivity contribution in [1.82, 2.24) is 20.2 Å². The van der Waals surface area contributed by atoms with E-state index in [1.165, 1.54) is 6.26 Å². The van der Waals surface area contributed by atoms with Crippen molar-refractivity contribution in [3.63, 3.8) is 0 Å². The smallest absolute Gasteiger partial charge is 0.287 e. The molecule has 2 N–H and O–H groups in total. The maximum Gasteiger partial charge on any atom is 0.287 e. The summed E-state index contributed by atoms with van der Waals surface area (Å²) in [6.45, 7) is 0.653. The molecule has 7 nitrogen and oxygen atoms in total. The van der Waals surface area contributed by atoms with Crippen LogP contribution in [0.4, 0.5) is 0 Å². The summed E-state index contributed by atoms with van der Waals surface area (Å²) in [5.74, 6) is 0.341. The molecule has 0 aliphatic heterocycles. The van der Waals surface area contributed by atoms with Gasteiger partial charge in [-0.3, -0.25) is 9.59 Å². The van der Waals surface area contributed by atoms with Crippen molar-refractivity contribution in [2.24, 2.45) is 0 Å². The maximum atomic E-state index is 12.6. The number of carbonyl (C=O) groups is 2. The first-order chi connectivity index (χ1) is 14.6. The number of hydrogen-bond donors (Lipinski definition) is 2. The average Bonchev–Trinajstić information content (AvgIpc) is 3.40. The standard InChI is InChI=1S/C22H19ClN4O3/c23-16-7-2-1-6-15(16)21-26-17-8-3-4-9-18(17)27(21)14-20(28)24-11-12-25-22(29)19-10-5-13-30-19/h1-10,13H,11-12,14H2,(H,24,28)(H,25,29). The van der Waals surface area contributed by atoms with Crippen LogP contribution in [0.5, 0.6) is 0 Å². The summed E-state index contributed by atoms with van der Waals surface area (Å²) in [4.78, 5) is 29.1. The Kier molecular flexibility index (Phi) is 5.81. The molecule has 152 valence electrons. The van der Waals surface area contributed by atoms with Gasteiger partial charge in [-0.1, -0.05) is 35.9 Å². The van der Waals surface area contributed by atoms with E-state index in [-0.39, 0.29) is 30.7 Å². The quantitative estimate of drug-likeness (QED) is 0.446. The predicted molar refractivity (Wildman–Crippen MR) is 114 cm³/mol. The largest absolute Gasteiger partial charge is 0.459 e. The van der Waals surface area contributed by atoms with Gasteiger partial charge in [-0.15, -0.1) is 0 Å². The summed E-state index contributed by atoms with van der Waals surface area (Å²) < 4.78 is 6.87. The van der Waals surface area contributed by atoms with E-state index in [4.69, 9.17) is 16.0 Å². The molecule has 0 aliphatic rings. The molecule has 0 unspecified atom stereocenters. The number of fused-ring (bicyclic) bond motifs is 1. The van der Waals surface area contributed by atoms with Gasteiger partial charge in [0.1, 0.15) is 12.4 Å². The third-order valence-electron chi connectivity index (χ3n) is 4.55. The van der Waals surface area contributed by atoms with Gasteiger partial charge in [0.15, 0.2) is 5.76 Å². The molecular weight excluding hydrogens is 404 g/mol. The molecule has 30 heavy (non-hydrogen) atoms. The molecule has 4 rings (SSSR count). The normalized spacial score (nSPS) is 10.8. The highest BCUT2D eigenvalue weighted by molar-refractivity contribution is 6.33. The van der Waals surface area contributed by atoms with Gasteiger partial charge in [-0.25, -0.2) is 4.98 Å². The Labute approximate surface area is 177 Å². The Morgan fingerprint density at radius 2 is 1.73 bits per heavy atom. The van der Waals surface area contributed by atoms with Crippen LogP contribution in [0.15, 0.2) is 71.3 Å². The topological polar surface area (TPSA) is 89.2 Å². The molecule has 0 atom stereocenters. The van der Waals surface area contributed by atoms with E-state index in [1.807, 2.05) is 47.0 Å². The minimum absolute atomic E-state index is 0.0766. The molecule has 8 heteroatoms. The van der Waals surface area contributed by atoms with Crippen molar-refractivity contribution in [3.8, 4) is 11.4 Å². The lowest BCUT2D eigenvalue weighted by atomic mass is 10.2. The van der Waals surface area contributed by atoms with Crippen LogP contribution in [0, 0.1) is 0 Å². The van der Waals surface area contributed by atoms with E-state index >= 15 is 0 Å². The lowest BCUT2D eigenvalue weighted by molar-refractivity contribution is -0.121. The number of aromatic nitrogens is 2.